The molecule has 1 aliphatic rings. The Kier molecular flexibility index (Phi) is 5.09. The average Bonchev–Trinajstić information content (AvgIpc) is 2.72. The quantitative estimate of drug-likeness (QED) is 0.410. The Labute approximate surface area is 191 Å². The van der Waals surface area contributed by atoms with Crippen molar-refractivity contribution in [3.05, 3.63) is 57.2 Å². The molecule has 32 heavy (non-hydrogen) atoms. The first kappa shape index (κ1) is 19.1. The van der Waals surface area contributed by atoms with Gasteiger partial charge in [-0.25, -0.2) is 4.57 Å². The molecule has 11 heteroatoms. The summed E-state index contributed by atoms with van der Waals surface area (Å²) in [4.78, 5) is 32.9. The second-order valence-electron chi connectivity index (χ2n) is 7.46. The zero-order valence-electron chi connectivity index (χ0n) is 19.4. The van der Waals surface area contributed by atoms with E-state index in [4.69, 9.17) is 24.7 Å². The van der Waals surface area contributed by atoms with Crippen LogP contribution >= 0.6 is 19.4 Å². The number of rotatable bonds is 4. The van der Waals surface area contributed by atoms with Crippen LogP contribution in [0, 0.1) is 0 Å². The highest BCUT2D eigenvalue weighted by atomic mass is 35.5. The van der Waals surface area contributed by atoms with Gasteiger partial charge in [0.25, 0.3) is 0 Å². The van der Waals surface area contributed by atoms with Gasteiger partial charge in [0, 0.05) is 39.8 Å². The molecule has 1 fully saturated rings. The summed E-state index contributed by atoms with van der Waals surface area (Å²) in [6.07, 6.45) is -1.41. The lowest BCUT2D eigenvalue weighted by molar-refractivity contribution is 0.0544. The molecule has 2 aromatic carbocycles. The number of aromatic hydroxyl groups is 2. The van der Waals surface area contributed by atoms with E-state index in [1.54, 1.807) is 24.3 Å². The number of nitrogens with zero attached hydrogens (tertiary/aromatic N) is 1. The van der Waals surface area contributed by atoms with Crippen LogP contribution < -0.4 is 5.43 Å². The lowest BCUT2D eigenvalue weighted by atomic mass is 9.85. The highest BCUT2D eigenvalue weighted by Crippen LogP contribution is 2.47. The normalized spacial score (nSPS) is 21.8. The first-order chi connectivity index (χ1) is 16.3. The number of halogens is 1. The second-order valence-corrected chi connectivity index (χ2v) is 9.06. The smallest absolute Gasteiger partial charge is 0.469 e. The number of phenolic OH excluding ortho intramolecular Hbond substituents is 2. The van der Waals surface area contributed by atoms with E-state index < -0.39 is 50.3 Å². The maximum atomic E-state index is 13.0. The molecule has 1 aliphatic heterocycles. The Hall–Kier alpha value is -2.39. The van der Waals surface area contributed by atoms with E-state index in [0.29, 0.717) is 5.56 Å². The Morgan fingerprint density at radius 1 is 1.25 bits per heavy atom. The summed E-state index contributed by atoms with van der Waals surface area (Å²) in [5, 5.41) is 21.2. The summed E-state index contributed by atoms with van der Waals surface area (Å²) < 4.78 is 45.5. The van der Waals surface area contributed by atoms with Crippen LogP contribution in [0.5, 0.6) is 11.5 Å². The molecule has 2 atom stereocenters. The molecule has 1 aromatic heterocycles. The van der Waals surface area contributed by atoms with E-state index in [1.807, 2.05) is 0 Å². The number of hydrogen-bond donors (Lipinski definition) is 4. The molecule has 2 heterocycles. The largest absolute Gasteiger partial charge is 0.507 e. The molecule has 4 rings (SSSR count). The van der Waals surface area contributed by atoms with Gasteiger partial charge in [-0.05, 0) is 32.1 Å². The summed E-state index contributed by atoms with van der Waals surface area (Å²) in [6, 6.07) is 8.58. The standard InChI is InChI=1S/C21H21ClNO8P/c1-23-7-6-12(18(10-23)31-32(27,28)29)19-14(24)8-15(25)20-16(26)9-17(30-21(19)20)11-4-2-3-5-13(11)22/h2-5,8-9,12,18,24-25H,6-7,10H2,1H3,(H2,27,28,29)/i1D3. The number of likely N-dealkylation sites (tertiary alicyclic amines) is 1. The predicted molar refractivity (Wildman–Crippen MR) is 118 cm³/mol. The third-order valence-corrected chi connectivity index (χ3v) is 6.21. The van der Waals surface area contributed by atoms with Gasteiger partial charge in [-0.1, -0.05) is 23.7 Å². The molecule has 170 valence electrons. The Balaban J connectivity index is 1.94. The van der Waals surface area contributed by atoms with Crippen LogP contribution in [0.15, 0.2) is 45.6 Å². The minimum absolute atomic E-state index is 0.0173. The zero-order valence-corrected chi connectivity index (χ0v) is 18.1. The van der Waals surface area contributed by atoms with Gasteiger partial charge in [0.2, 0.25) is 0 Å². The van der Waals surface area contributed by atoms with Crippen LogP contribution in [-0.2, 0) is 9.09 Å². The second kappa shape index (κ2) is 8.51. The number of hydrogen-bond acceptors (Lipinski definition) is 7. The number of piperidine rings is 1. The van der Waals surface area contributed by atoms with Crippen LogP contribution in [0.25, 0.3) is 22.3 Å². The van der Waals surface area contributed by atoms with Crippen LogP contribution in [0.4, 0.5) is 0 Å². The fourth-order valence-corrected chi connectivity index (χ4v) is 4.80. The summed E-state index contributed by atoms with van der Waals surface area (Å²) in [5.41, 5.74) is -0.557. The van der Waals surface area contributed by atoms with Gasteiger partial charge in [-0.3, -0.25) is 9.32 Å². The molecule has 9 nitrogen and oxygen atoms in total. The van der Waals surface area contributed by atoms with E-state index in [0.717, 1.165) is 17.0 Å². The molecule has 0 radical (unpaired) electrons. The van der Waals surface area contributed by atoms with Gasteiger partial charge < -0.3 is 29.3 Å². The van der Waals surface area contributed by atoms with Crippen LogP contribution in [0.2, 0.25) is 5.02 Å². The molecule has 0 aliphatic carbocycles. The summed E-state index contributed by atoms with van der Waals surface area (Å²) in [6.45, 7) is -2.98. The van der Waals surface area contributed by atoms with Gasteiger partial charge in [0.05, 0.1) is 11.1 Å². The summed E-state index contributed by atoms with van der Waals surface area (Å²) in [5.74, 6) is -2.03. The average molecular weight is 485 g/mol. The van der Waals surface area contributed by atoms with E-state index in [1.165, 1.54) is 0 Å². The minimum Gasteiger partial charge on any atom is -0.507 e. The highest BCUT2D eigenvalue weighted by molar-refractivity contribution is 7.46. The third-order valence-electron chi connectivity index (χ3n) is 5.34. The molecule has 0 amide bonds. The molecule has 0 saturated carbocycles. The molecule has 2 unspecified atom stereocenters. The molecule has 4 N–H and O–H groups in total. The minimum atomic E-state index is -5.08. The lowest BCUT2D eigenvalue weighted by Crippen LogP contribution is -2.41. The number of phosphoric acid groups is 1. The molecular formula is C21H21ClNO8P. The van der Waals surface area contributed by atoms with Gasteiger partial charge in [-0.15, -0.1) is 0 Å². The fourth-order valence-electron chi connectivity index (χ4n) is 4.00. The zero-order chi connectivity index (χ0) is 25.7. The van der Waals surface area contributed by atoms with Crippen molar-refractivity contribution in [3.63, 3.8) is 0 Å². The monoisotopic (exact) mass is 484 g/mol. The number of benzene rings is 2. The number of fused-ring (bicyclic) bond motifs is 1. The van der Waals surface area contributed by atoms with E-state index >= 15 is 0 Å². The van der Waals surface area contributed by atoms with Gasteiger partial charge >= 0.3 is 7.82 Å². The van der Waals surface area contributed by atoms with Crippen molar-refractivity contribution in [2.45, 2.75) is 18.4 Å². The van der Waals surface area contributed by atoms with E-state index in [9.17, 15) is 29.4 Å². The number of phenols is 2. The topological polar surface area (TPSA) is 141 Å². The predicted octanol–water partition coefficient (Wildman–Crippen LogP) is 3.42. The van der Waals surface area contributed by atoms with Crippen LogP contribution in [0.1, 0.15) is 22.0 Å². The van der Waals surface area contributed by atoms with Gasteiger partial charge in [0.15, 0.2) is 5.43 Å². The maximum Gasteiger partial charge on any atom is 0.469 e. The Bertz CT molecular complexity index is 1390. The number of likely N-dealkylation sites (N-methyl/N-ethyl adjacent to an activating group) is 1. The van der Waals surface area contributed by atoms with Crippen molar-refractivity contribution < 1.29 is 37.6 Å². The molecule has 3 aromatic rings. The maximum absolute atomic E-state index is 13.0. The summed E-state index contributed by atoms with van der Waals surface area (Å²) in [7, 11) is -5.08. The Morgan fingerprint density at radius 3 is 2.69 bits per heavy atom. The van der Waals surface area contributed by atoms with Crippen molar-refractivity contribution in [1.29, 1.82) is 0 Å². The highest BCUT2D eigenvalue weighted by Gasteiger charge is 2.38. The van der Waals surface area contributed by atoms with E-state index in [2.05, 4.69) is 0 Å². The molecule has 0 spiro atoms. The van der Waals surface area contributed by atoms with Crippen molar-refractivity contribution in [2.24, 2.45) is 0 Å². The first-order valence-corrected chi connectivity index (χ1v) is 11.4. The van der Waals surface area contributed by atoms with Gasteiger partial charge in [-0.2, -0.15) is 0 Å². The van der Waals surface area contributed by atoms with Crippen molar-refractivity contribution in [3.8, 4) is 22.8 Å². The third kappa shape index (κ3) is 4.41. The molecule has 1 saturated heterocycles. The molecule has 0 bridgehead atoms. The van der Waals surface area contributed by atoms with Crippen molar-refractivity contribution in [2.75, 3.05) is 20.1 Å². The first-order valence-electron chi connectivity index (χ1n) is 11.0. The fraction of sp³-hybridized carbons (Fsp3) is 0.286. The lowest BCUT2D eigenvalue weighted by Gasteiger charge is -2.36. The SMILES string of the molecule is [2H]C([2H])([2H])N1CCC(c2c(O)cc(O)c3c(=O)cc(-c4ccccc4Cl)oc23)C(OP(=O)(O)O)C1. The summed E-state index contributed by atoms with van der Waals surface area (Å²) >= 11 is 6.24. The van der Waals surface area contributed by atoms with Crippen molar-refractivity contribution in [1.82, 2.24) is 4.90 Å². The van der Waals surface area contributed by atoms with Crippen LogP contribution in [0.3, 0.4) is 0 Å². The number of phosphoric ester groups is 1. The van der Waals surface area contributed by atoms with Crippen LogP contribution in [-0.4, -0.2) is 51.1 Å². The molecular weight excluding hydrogens is 461 g/mol. The van der Waals surface area contributed by atoms with E-state index in [-0.39, 0.29) is 40.3 Å². The Morgan fingerprint density at radius 2 is 2.00 bits per heavy atom. The van der Waals surface area contributed by atoms with Crippen molar-refractivity contribution >= 4 is 30.4 Å². The van der Waals surface area contributed by atoms with Gasteiger partial charge in [0.1, 0.15) is 28.2 Å².